The lowest BCUT2D eigenvalue weighted by molar-refractivity contribution is 1.31. The van der Waals surface area contributed by atoms with Crippen LogP contribution in [-0.2, 0) is 0 Å². The van der Waals surface area contributed by atoms with E-state index < -0.39 is 0 Å². The van der Waals surface area contributed by atoms with Crippen molar-refractivity contribution in [2.75, 3.05) is 4.90 Å². The summed E-state index contributed by atoms with van der Waals surface area (Å²) in [7, 11) is 0. The zero-order chi connectivity index (χ0) is 30.0. The van der Waals surface area contributed by atoms with Crippen molar-refractivity contribution in [1.29, 1.82) is 0 Å². The number of hydrogen-bond acceptors (Lipinski definition) is 1. The van der Waals surface area contributed by atoms with E-state index in [1.165, 1.54) is 54.9 Å². The third-order valence-electron chi connectivity index (χ3n) is 8.66. The van der Waals surface area contributed by atoms with Crippen molar-refractivity contribution in [3.63, 3.8) is 0 Å². The SMILES string of the molecule is c1ccc(-c2ccccc2-c2c(-c3ccccc3)cccc2N(c2cccc3ccccc23)c2cccc3ccccc23)cc1. The van der Waals surface area contributed by atoms with Gasteiger partial charge in [0.05, 0.1) is 17.1 Å². The van der Waals surface area contributed by atoms with E-state index in [0.29, 0.717) is 0 Å². The fourth-order valence-electron chi connectivity index (χ4n) is 6.63. The lowest BCUT2D eigenvalue weighted by Crippen LogP contribution is -2.13. The summed E-state index contributed by atoms with van der Waals surface area (Å²) in [4.78, 5) is 2.48. The van der Waals surface area contributed by atoms with Crippen LogP contribution in [0, 0.1) is 0 Å². The predicted molar refractivity (Wildman–Crippen MR) is 192 cm³/mol. The second kappa shape index (κ2) is 11.6. The number of fused-ring (bicyclic) bond motifs is 2. The Bertz CT molecular complexity index is 2180. The molecule has 45 heavy (non-hydrogen) atoms. The lowest BCUT2D eigenvalue weighted by atomic mass is 9.87. The number of benzene rings is 8. The molecule has 0 aliphatic heterocycles. The van der Waals surface area contributed by atoms with Crippen LogP contribution in [0.2, 0.25) is 0 Å². The van der Waals surface area contributed by atoms with Crippen LogP contribution >= 0.6 is 0 Å². The van der Waals surface area contributed by atoms with E-state index in [1.807, 2.05) is 0 Å². The van der Waals surface area contributed by atoms with Crippen molar-refractivity contribution in [2.45, 2.75) is 0 Å². The minimum Gasteiger partial charge on any atom is -0.309 e. The molecule has 0 spiro atoms. The van der Waals surface area contributed by atoms with Gasteiger partial charge in [-0.05, 0) is 56.8 Å². The average Bonchev–Trinajstić information content (AvgIpc) is 3.12. The first-order valence-corrected chi connectivity index (χ1v) is 15.5. The first kappa shape index (κ1) is 26.7. The smallest absolute Gasteiger partial charge is 0.0547 e. The van der Waals surface area contributed by atoms with Crippen LogP contribution < -0.4 is 4.90 Å². The number of nitrogens with zero attached hydrogens (tertiary/aromatic N) is 1. The summed E-state index contributed by atoms with van der Waals surface area (Å²) >= 11 is 0. The van der Waals surface area contributed by atoms with Gasteiger partial charge >= 0.3 is 0 Å². The van der Waals surface area contributed by atoms with E-state index in [-0.39, 0.29) is 0 Å². The maximum absolute atomic E-state index is 2.48. The molecule has 212 valence electrons. The monoisotopic (exact) mass is 573 g/mol. The minimum absolute atomic E-state index is 1.13. The Morgan fingerprint density at radius 1 is 0.267 bits per heavy atom. The molecule has 0 unspecified atom stereocenters. The molecule has 0 atom stereocenters. The molecule has 1 nitrogen and oxygen atoms in total. The number of anilines is 3. The van der Waals surface area contributed by atoms with Gasteiger partial charge in [0.15, 0.2) is 0 Å². The second-order valence-corrected chi connectivity index (χ2v) is 11.3. The van der Waals surface area contributed by atoms with Crippen LogP contribution in [-0.4, -0.2) is 0 Å². The van der Waals surface area contributed by atoms with Gasteiger partial charge < -0.3 is 4.90 Å². The first-order chi connectivity index (χ1) is 22.4. The van der Waals surface area contributed by atoms with Crippen LogP contribution in [0.1, 0.15) is 0 Å². The Balaban J connectivity index is 1.52. The average molecular weight is 574 g/mol. The largest absolute Gasteiger partial charge is 0.309 e. The van der Waals surface area contributed by atoms with Crippen molar-refractivity contribution in [3.8, 4) is 33.4 Å². The Morgan fingerprint density at radius 2 is 0.667 bits per heavy atom. The van der Waals surface area contributed by atoms with Crippen LogP contribution in [0.15, 0.2) is 188 Å². The van der Waals surface area contributed by atoms with E-state index in [9.17, 15) is 0 Å². The van der Waals surface area contributed by atoms with Gasteiger partial charge in [0.25, 0.3) is 0 Å². The normalized spacial score (nSPS) is 11.1. The van der Waals surface area contributed by atoms with Gasteiger partial charge in [-0.3, -0.25) is 0 Å². The third kappa shape index (κ3) is 4.85. The Labute approximate surface area is 264 Å². The molecule has 0 saturated heterocycles. The number of rotatable bonds is 6. The second-order valence-electron chi connectivity index (χ2n) is 11.3. The van der Waals surface area contributed by atoms with Crippen molar-refractivity contribution in [1.82, 2.24) is 0 Å². The lowest BCUT2D eigenvalue weighted by Gasteiger charge is -2.31. The molecule has 8 aromatic rings. The first-order valence-electron chi connectivity index (χ1n) is 15.5. The van der Waals surface area contributed by atoms with Gasteiger partial charge in [-0.1, -0.05) is 170 Å². The summed E-state index contributed by atoms with van der Waals surface area (Å²) in [5.41, 5.74) is 10.6. The van der Waals surface area contributed by atoms with Gasteiger partial charge in [0.2, 0.25) is 0 Å². The van der Waals surface area contributed by atoms with Crippen molar-refractivity contribution in [2.24, 2.45) is 0 Å². The number of hydrogen-bond donors (Lipinski definition) is 0. The molecule has 0 bridgehead atoms. The summed E-state index contributed by atoms with van der Waals surface area (Å²) in [6.07, 6.45) is 0. The summed E-state index contributed by atoms with van der Waals surface area (Å²) < 4.78 is 0. The zero-order valence-electron chi connectivity index (χ0n) is 24.8. The minimum atomic E-state index is 1.13. The molecular weight excluding hydrogens is 542 g/mol. The standard InChI is InChI=1S/C44H31N/c1-3-16-32(17-4-1)36-24-11-12-27-40(36)44-39(35-18-5-2-6-19-35)28-15-31-43(44)45(41-29-13-22-33-20-7-9-25-37(33)41)42-30-14-23-34-21-8-10-26-38(34)42/h1-31H. The molecule has 0 amide bonds. The molecule has 1 heteroatoms. The van der Waals surface area contributed by atoms with Gasteiger partial charge in [-0.25, -0.2) is 0 Å². The zero-order valence-corrected chi connectivity index (χ0v) is 24.8. The molecule has 0 aliphatic carbocycles. The fourth-order valence-corrected chi connectivity index (χ4v) is 6.63. The van der Waals surface area contributed by atoms with E-state index in [2.05, 4.69) is 193 Å². The maximum Gasteiger partial charge on any atom is 0.0547 e. The highest BCUT2D eigenvalue weighted by molar-refractivity contribution is 6.09. The van der Waals surface area contributed by atoms with Gasteiger partial charge in [-0.2, -0.15) is 0 Å². The Morgan fingerprint density at radius 3 is 1.27 bits per heavy atom. The molecule has 0 aliphatic rings. The van der Waals surface area contributed by atoms with Crippen LogP contribution in [0.3, 0.4) is 0 Å². The van der Waals surface area contributed by atoms with Gasteiger partial charge in [0.1, 0.15) is 0 Å². The molecule has 0 saturated carbocycles. The highest BCUT2D eigenvalue weighted by Gasteiger charge is 2.24. The molecule has 0 aromatic heterocycles. The molecular formula is C44H31N. The van der Waals surface area contributed by atoms with Gasteiger partial charge in [0, 0.05) is 16.3 Å². The molecule has 0 radical (unpaired) electrons. The Hall–Kier alpha value is -5.92. The van der Waals surface area contributed by atoms with Crippen LogP contribution in [0.5, 0.6) is 0 Å². The summed E-state index contributed by atoms with van der Waals surface area (Å²) in [5.74, 6) is 0. The quantitative estimate of drug-likeness (QED) is 0.191. The molecule has 8 aromatic carbocycles. The Kier molecular flexibility index (Phi) is 6.90. The third-order valence-corrected chi connectivity index (χ3v) is 8.66. The molecule has 0 heterocycles. The topological polar surface area (TPSA) is 3.24 Å². The highest BCUT2D eigenvalue weighted by Crippen LogP contribution is 2.50. The van der Waals surface area contributed by atoms with Gasteiger partial charge in [-0.15, -0.1) is 0 Å². The van der Waals surface area contributed by atoms with Crippen LogP contribution in [0.25, 0.3) is 54.9 Å². The fraction of sp³-hybridized carbons (Fsp3) is 0. The van der Waals surface area contributed by atoms with Crippen molar-refractivity contribution < 1.29 is 0 Å². The van der Waals surface area contributed by atoms with Crippen molar-refractivity contribution >= 4 is 38.6 Å². The maximum atomic E-state index is 2.48. The van der Waals surface area contributed by atoms with E-state index in [4.69, 9.17) is 0 Å². The van der Waals surface area contributed by atoms with E-state index in [0.717, 1.165) is 17.1 Å². The summed E-state index contributed by atoms with van der Waals surface area (Å²) in [6, 6.07) is 67.7. The molecule has 8 rings (SSSR count). The highest BCUT2D eigenvalue weighted by atomic mass is 15.1. The summed E-state index contributed by atoms with van der Waals surface area (Å²) in [5, 5.41) is 4.84. The van der Waals surface area contributed by atoms with E-state index in [1.54, 1.807) is 0 Å². The van der Waals surface area contributed by atoms with Crippen LogP contribution in [0.4, 0.5) is 17.1 Å². The molecule has 0 fully saturated rings. The van der Waals surface area contributed by atoms with Crippen molar-refractivity contribution in [3.05, 3.63) is 188 Å². The predicted octanol–water partition coefficient (Wildman–Crippen LogP) is 12.5. The summed E-state index contributed by atoms with van der Waals surface area (Å²) in [6.45, 7) is 0. The molecule has 0 N–H and O–H groups in total. The van der Waals surface area contributed by atoms with E-state index >= 15 is 0 Å².